The molecular weight excluding hydrogens is 488 g/mol. The second kappa shape index (κ2) is 11.0. The molecule has 3 saturated carbocycles. The number of benzene rings is 2. The Kier molecular flexibility index (Phi) is 7.57. The average molecular weight is 537 g/mol. The fourth-order valence-electron chi connectivity index (χ4n) is 10.0. The van der Waals surface area contributed by atoms with E-state index in [9.17, 15) is 4.79 Å². The molecule has 4 aliphatic carbocycles. The van der Waals surface area contributed by atoms with E-state index in [-0.39, 0.29) is 12.1 Å². The molecule has 2 heteroatoms. The van der Waals surface area contributed by atoms with Crippen molar-refractivity contribution < 1.29 is 9.53 Å². The van der Waals surface area contributed by atoms with Crippen LogP contribution >= 0.6 is 0 Å². The Hall–Kier alpha value is -2.61. The average Bonchev–Trinajstić information content (AvgIpc) is 3.31. The van der Waals surface area contributed by atoms with Crippen LogP contribution in [0.3, 0.4) is 0 Å². The maximum atomic E-state index is 11.6. The molecule has 2 aromatic rings. The Morgan fingerprint density at radius 1 is 0.925 bits per heavy atom. The van der Waals surface area contributed by atoms with Crippen LogP contribution in [0.5, 0.6) is 0 Å². The Labute approximate surface area is 242 Å². The van der Waals surface area contributed by atoms with E-state index in [0.29, 0.717) is 16.7 Å². The number of allylic oxidation sites excluding steroid dienone is 2. The van der Waals surface area contributed by atoms with Crippen molar-refractivity contribution in [1.29, 1.82) is 0 Å². The number of fused-ring (bicyclic) bond motifs is 5. The number of carbonyl (C=O) groups is 1. The summed E-state index contributed by atoms with van der Waals surface area (Å²) in [6.07, 6.45) is 16.3. The number of ether oxygens (including phenoxy) is 1. The van der Waals surface area contributed by atoms with Crippen LogP contribution < -0.4 is 0 Å². The summed E-state index contributed by atoms with van der Waals surface area (Å²) in [4.78, 5) is 11.6. The molecule has 0 radical (unpaired) electrons. The van der Waals surface area contributed by atoms with Crippen LogP contribution in [0, 0.1) is 40.4 Å². The van der Waals surface area contributed by atoms with Crippen LogP contribution in [-0.2, 0) is 9.53 Å². The smallest absolute Gasteiger partial charge is 0.302 e. The van der Waals surface area contributed by atoms with Gasteiger partial charge in [-0.3, -0.25) is 4.79 Å². The van der Waals surface area contributed by atoms with E-state index in [1.165, 1.54) is 55.2 Å². The third-order valence-electron chi connectivity index (χ3n) is 12.0. The molecule has 2 aromatic carbocycles. The quantitative estimate of drug-likeness (QED) is 0.271. The van der Waals surface area contributed by atoms with Gasteiger partial charge in [0, 0.05) is 13.3 Å². The third-order valence-corrected chi connectivity index (χ3v) is 12.0. The molecule has 6 rings (SSSR count). The van der Waals surface area contributed by atoms with Crippen LogP contribution in [-0.4, -0.2) is 12.1 Å². The van der Waals surface area contributed by atoms with Gasteiger partial charge in [-0.2, -0.15) is 0 Å². The van der Waals surface area contributed by atoms with Crippen LogP contribution in [0.1, 0.15) is 96.6 Å². The Morgan fingerprint density at radius 3 is 2.25 bits per heavy atom. The second-order valence-corrected chi connectivity index (χ2v) is 14.0. The molecule has 0 saturated heterocycles. The summed E-state index contributed by atoms with van der Waals surface area (Å²) in [5.74, 6) is 3.79. The highest BCUT2D eigenvalue weighted by Crippen LogP contribution is 2.67. The van der Waals surface area contributed by atoms with Crippen molar-refractivity contribution in [2.45, 2.75) is 91.6 Å². The zero-order chi connectivity index (χ0) is 27.9. The van der Waals surface area contributed by atoms with Gasteiger partial charge in [0.1, 0.15) is 6.10 Å². The van der Waals surface area contributed by atoms with Crippen LogP contribution in [0.2, 0.25) is 0 Å². The molecule has 212 valence electrons. The molecule has 2 nitrogen and oxygen atoms in total. The SMILES string of the molecule is CC(=O)O[C@H]1CC[C@@]2(C)C(=CC[C@@H]3[C@H]4CC[C@H]([C@@H](C)CC=C(c5ccccc5)c5ccccc5)[C@@]4(C)CC[C@@H]32)C1. The molecule has 0 N–H and O–H groups in total. The normalized spacial score (nSPS) is 35.4. The number of hydrogen-bond acceptors (Lipinski definition) is 2. The summed E-state index contributed by atoms with van der Waals surface area (Å²) in [6.45, 7) is 9.31. The maximum absolute atomic E-state index is 11.6. The fraction of sp³-hybridized carbons (Fsp3) is 0.553. The lowest BCUT2D eigenvalue weighted by Crippen LogP contribution is -2.51. The molecule has 0 unspecified atom stereocenters. The Morgan fingerprint density at radius 2 is 1.60 bits per heavy atom. The Balaban J connectivity index is 1.20. The summed E-state index contributed by atoms with van der Waals surface area (Å²) in [5, 5.41) is 0. The second-order valence-electron chi connectivity index (χ2n) is 14.0. The van der Waals surface area contributed by atoms with Crippen molar-refractivity contribution in [3.05, 3.63) is 89.5 Å². The van der Waals surface area contributed by atoms with Gasteiger partial charge in [-0.25, -0.2) is 0 Å². The van der Waals surface area contributed by atoms with Crippen LogP contribution in [0.15, 0.2) is 78.4 Å². The van der Waals surface area contributed by atoms with E-state index in [2.05, 4.69) is 93.6 Å². The van der Waals surface area contributed by atoms with E-state index >= 15 is 0 Å². The van der Waals surface area contributed by atoms with Crippen molar-refractivity contribution in [2.75, 3.05) is 0 Å². The Bertz CT molecular complexity index is 1220. The molecule has 0 bridgehead atoms. The molecule has 8 atom stereocenters. The molecule has 0 aliphatic heterocycles. The van der Waals surface area contributed by atoms with Gasteiger partial charge in [0.25, 0.3) is 0 Å². The topological polar surface area (TPSA) is 26.3 Å². The summed E-state index contributed by atoms with van der Waals surface area (Å²) in [6, 6.07) is 21.9. The van der Waals surface area contributed by atoms with Crippen molar-refractivity contribution in [1.82, 2.24) is 0 Å². The molecule has 0 spiro atoms. The van der Waals surface area contributed by atoms with E-state index in [1.54, 1.807) is 12.5 Å². The van der Waals surface area contributed by atoms with E-state index < -0.39 is 0 Å². The molecule has 0 amide bonds. The van der Waals surface area contributed by atoms with Gasteiger partial charge in [-0.05, 0) is 108 Å². The van der Waals surface area contributed by atoms with Crippen molar-refractivity contribution in [3.8, 4) is 0 Å². The van der Waals surface area contributed by atoms with Gasteiger partial charge >= 0.3 is 5.97 Å². The summed E-state index contributed by atoms with van der Waals surface area (Å²) < 4.78 is 5.66. The minimum Gasteiger partial charge on any atom is -0.462 e. The van der Waals surface area contributed by atoms with Gasteiger partial charge in [-0.1, -0.05) is 99.2 Å². The minimum atomic E-state index is -0.128. The zero-order valence-electron chi connectivity index (χ0n) is 25.1. The highest BCUT2D eigenvalue weighted by atomic mass is 16.5. The number of hydrogen-bond donors (Lipinski definition) is 0. The number of rotatable bonds is 6. The highest BCUT2D eigenvalue weighted by molar-refractivity contribution is 5.79. The lowest BCUT2D eigenvalue weighted by atomic mass is 9.47. The standard InChI is InChI=1S/C38H48O2/c1-26(15-17-32(28-11-7-5-8-12-28)29-13-9-6-10-14-29)34-19-20-35-33-18-16-30-25-31(40-27(2)39)21-23-37(30,3)36(33)22-24-38(34,35)4/h5-14,16-17,26,31,33-36H,15,18-25H2,1-4H3/t26-,31-,33+,34+,35+,36-,37-,38+/m0/s1. The van der Waals surface area contributed by atoms with E-state index in [1.807, 2.05) is 0 Å². The van der Waals surface area contributed by atoms with Crippen LogP contribution in [0.4, 0.5) is 0 Å². The summed E-state index contributed by atoms with van der Waals surface area (Å²) >= 11 is 0. The van der Waals surface area contributed by atoms with Gasteiger partial charge in [-0.15, -0.1) is 0 Å². The maximum Gasteiger partial charge on any atom is 0.302 e. The molecule has 0 heterocycles. The summed E-state index contributed by atoms with van der Waals surface area (Å²) in [5.41, 5.74) is 6.35. The lowest BCUT2D eigenvalue weighted by Gasteiger charge is -2.58. The van der Waals surface area contributed by atoms with Gasteiger partial charge < -0.3 is 4.74 Å². The minimum absolute atomic E-state index is 0.0867. The first-order chi connectivity index (χ1) is 19.3. The summed E-state index contributed by atoms with van der Waals surface area (Å²) in [7, 11) is 0. The first-order valence-electron chi connectivity index (χ1n) is 16.0. The first-order valence-corrected chi connectivity index (χ1v) is 16.0. The monoisotopic (exact) mass is 536 g/mol. The van der Waals surface area contributed by atoms with Crippen molar-refractivity contribution >= 4 is 11.5 Å². The predicted octanol–water partition coefficient (Wildman–Crippen LogP) is 9.66. The lowest BCUT2D eigenvalue weighted by molar-refractivity contribution is -0.148. The number of carbonyl (C=O) groups excluding carboxylic acids is 1. The predicted molar refractivity (Wildman–Crippen MR) is 164 cm³/mol. The molecule has 3 fully saturated rings. The molecule has 40 heavy (non-hydrogen) atoms. The van der Waals surface area contributed by atoms with Crippen molar-refractivity contribution in [2.24, 2.45) is 40.4 Å². The molecular formula is C38H48O2. The number of esters is 1. The van der Waals surface area contributed by atoms with Crippen LogP contribution in [0.25, 0.3) is 5.57 Å². The molecule has 0 aromatic heterocycles. The van der Waals surface area contributed by atoms with E-state index in [4.69, 9.17) is 4.74 Å². The van der Waals surface area contributed by atoms with Gasteiger partial charge in [0.2, 0.25) is 0 Å². The zero-order valence-corrected chi connectivity index (χ0v) is 25.1. The highest BCUT2D eigenvalue weighted by Gasteiger charge is 2.59. The largest absolute Gasteiger partial charge is 0.462 e. The third kappa shape index (κ3) is 4.90. The van der Waals surface area contributed by atoms with E-state index in [0.717, 1.165) is 42.9 Å². The molecule has 4 aliphatic rings. The first kappa shape index (κ1) is 27.6. The van der Waals surface area contributed by atoms with Crippen molar-refractivity contribution in [3.63, 3.8) is 0 Å². The van der Waals surface area contributed by atoms with Gasteiger partial charge in [0.05, 0.1) is 0 Å². The fourth-order valence-corrected chi connectivity index (χ4v) is 10.0. The van der Waals surface area contributed by atoms with Gasteiger partial charge in [0.15, 0.2) is 0 Å².